The largest absolute Gasteiger partial charge is 0.493 e. The number of ether oxygens (including phenoxy) is 2. The lowest BCUT2D eigenvalue weighted by Gasteiger charge is -2.35. The van der Waals surface area contributed by atoms with E-state index in [1.165, 1.54) is 0 Å². The minimum atomic E-state index is -0.120. The highest BCUT2D eigenvalue weighted by Gasteiger charge is 2.31. The summed E-state index contributed by atoms with van der Waals surface area (Å²) in [7, 11) is 3.21. The molecule has 5 nitrogen and oxygen atoms in total. The molecule has 6 heteroatoms. The van der Waals surface area contributed by atoms with Gasteiger partial charge in [0.25, 0.3) is 0 Å². The molecule has 0 spiro atoms. The summed E-state index contributed by atoms with van der Waals surface area (Å²) < 4.78 is 11.0. The molecular weight excluding hydrogens is 408 g/mol. The van der Waals surface area contributed by atoms with Crippen LogP contribution in [-0.4, -0.2) is 31.7 Å². The standard InChI is InChI=1S/C25H24N2O3S/c1-4-16-26(17-18-10-9-13-21(29-2)24(18)30-3)25(28)27-19-11-5-7-14-22(19)31-23-15-8-6-12-20(23)27/h4-15H,1,16-17H2,2-3H3. The molecule has 0 radical (unpaired) electrons. The van der Waals surface area contributed by atoms with Crippen molar-refractivity contribution in [1.29, 1.82) is 0 Å². The van der Waals surface area contributed by atoms with Gasteiger partial charge in [-0.25, -0.2) is 4.79 Å². The molecule has 31 heavy (non-hydrogen) atoms. The lowest BCUT2D eigenvalue weighted by Crippen LogP contribution is -2.41. The number of carbonyl (C=O) groups excluding carboxylic acids is 1. The topological polar surface area (TPSA) is 42.0 Å². The number of fused-ring (bicyclic) bond motifs is 2. The molecule has 1 aliphatic rings. The molecule has 0 atom stereocenters. The maximum Gasteiger partial charge on any atom is 0.329 e. The lowest BCUT2D eigenvalue weighted by molar-refractivity contribution is 0.209. The molecule has 158 valence electrons. The van der Waals surface area contributed by atoms with Gasteiger partial charge in [-0.3, -0.25) is 4.90 Å². The number of urea groups is 1. The van der Waals surface area contributed by atoms with E-state index in [9.17, 15) is 4.79 Å². The van der Waals surface area contributed by atoms with E-state index < -0.39 is 0 Å². The predicted molar refractivity (Wildman–Crippen MR) is 125 cm³/mol. The third-order valence-corrected chi connectivity index (χ3v) is 6.22. The van der Waals surface area contributed by atoms with Crippen molar-refractivity contribution in [3.05, 3.63) is 84.9 Å². The van der Waals surface area contributed by atoms with Gasteiger partial charge in [-0.2, -0.15) is 0 Å². The first-order valence-electron chi connectivity index (χ1n) is 9.93. The van der Waals surface area contributed by atoms with Crippen molar-refractivity contribution in [2.24, 2.45) is 0 Å². The van der Waals surface area contributed by atoms with Gasteiger partial charge in [-0.15, -0.1) is 6.58 Å². The van der Waals surface area contributed by atoms with Crippen LogP contribution in [0.2, 0.25) is 0 Å². The quantitative estimate of drug-likeness (QED) is 0.441. The molecular formula is C25H24N2O3S. The van der Waals surface area contributed by atoms with Gasteiger partial charge in [-0.1, -0.05) is 54.2 Å². The van der Waals surface area contributed by atoms with Gasteiger partial charge in [-0.05, 0) is 30.3 Å². The van der Waals surface area contributed by atoms with E-state index in [4.69, 9.17) is 9.47 Å². The number of hydrogen-bond donors (Lipinski definition) is 0. The minimum Gasteiger partial charge on any atom is -0.493 e. The summed E-state index contributed by atoms with van der Waals surface area (Å²) in [5, 5.41) is 0. The fourth-order valence-electron chi connectivity index (χ4n) is 3.70. The summed E-state index contributed by atoms with van der Waals surface area (Å²) in [6, 6.07) is 21.5. The average Bonchev–Trinajstić information content (AvgIpc) is 2.81. The van der Waals surface area contributed by atoms with E-state index in [1.54, 1.807) is 41.9 Å². The Morgan fingerprint density at radius 3 is 2.19 bits per heavy atom. The van der Waals surface area contributed by atoms with Gasteiger partial charge in [0, 0.05) is 21.9 Å². The highest BCUT2D eigenvalue weighted by atomic mass is 32.2. The normalized spacial score (nSPS) is 11.9. The number of para-hydroxylation sites is 3. The van der Waals surface area contributed by atoms with Crippen LogP contribution in [0.3, 0.4) is 0 Å². The molecule has 4 rings (SSSR count). The van der Waals surface area contributed by atoms with Gasteiger partial charge in [0.15, 0.2) is 11.5 Å². The SMILES string of the molecule is C=CCN(Cc1cccc(OC)c1OC)C(=O)N1c2ccccc2Sc2ccccc21. The molecule has 0 fully saturated rings. The molecule has 3 aromatic rings. The van der Waals surface area contributed by atoms with Crippen molar-refractivity contribution in [1.82, 2.24) is 4.90 Å². The second-order valence-corrected chi connectivity index (χ2v) is 8.06. The van der Waals surface area contributed by atoms with Crippen molar-refractivity contribution in [3.63, 3.8) is 0 Å². The molecule has 0 saturated carbocycles. The van der Waals surface area contributed by atoms with E-state index in [-0.39, 0.29) is 6.03 Å². The maximum absolute atomic E-state index is 13.9. The average molecular weight is 433 g/mol. The third-order valence-electron chi connectivity index (χ3n) is 5.09. The van der Waals surface area contributed by atoms with Crippen LogP contribution in [-0.2, 0) is 6.54 Å². The van der Waals surface area contributed by atoms with Gasteiger partial charge in [0.1, 0.15) is 0 Å². The van der Waals surface area contributed by atoms with Crippen LogP contribution in [0.4, 0.5) is 16.2 Å². The van der Waals surface area contributed by atoms with Crippen molar-refractivity contribution in [2.45, 2.75) is 16.3 Å². The van der Waals surface area contributed by atoms with Gasteiger partial charge in [0.2, 0.25) is 0 Å². The molecule has 0 bridgehead atoms. The molecule has 0 N–H and O–H groups in total. The summed E-state index contributed by atoms with van der Waals surface area (Å²) in [6.45, 7) is 4.62. The second kappa shape index (κ2) is 9.18. The first-order chi connectivity index (χ1) is 15.2. The number of carbonyl (C=O) groups is 1. The Kier molecular flexibility index (Phi) is 6.18. The van der Waals surface area contributed by atoms with Crippen LogP contribution in [0, 0.1) is 0 Å². The van der Waals surface area contributed by atoms with Crippen molar-refractivity contribution in [3.8, 4) is 11.5 Å². The number of methoxy groups -OCH3 is 2. The van der Waals surface area contributed by atoms with Crippen LogP contribution in [0.5, 0.6) is 11.5 Å². The van der Waals surface area contributed by atoms with E-state index in [2.05, 4.69) is 6.58 Å². The smallest absolute Gasteiger partial charge is 0.329 e. The van der Waals surface area contributed by atoms with Gasteiger partial charge in [0.05, 0.1) is 32.1 Å². The number of amides is 2. The van der Waals surface area contributed by atoms with Crippen molar-refractivity contribution >= 4 is 29.2 Å². The highest BCUT2D eigenvalue weighted by molar-refractivity contribution is 7.99. The van der Waals surface area contributed by atoms with Gasteiger partial charge < -0.3 is 14.4 Å². The van der Waals surface area contributed by atoms with Crippen molar-refractivity contribution < 1.29 is 14.3 Å². The molecule has 1 aliphatic heterocycles. The van der Waals surface area contributed by atoms with E-state index in [0.717, 1.165) is 26.7 Å². The van der Waals surface area contributed by atoms with Crippen molar-refractivity contribution in [2.75, 3.05) is 25.7 Å². The molecule has 3 aromatic carbocycles. The zero-order valence-corrected chi connectivity index (χ0v) is 18.4. The van der Waals surface area contributed by atoms with E-state index in [1.807, 2.05) is 66.7 Å². The Hall–Kier alpha value is -3.38. The monoisotopic (exact) mass is 432 g/mol. The zero-order valence-electron chi connectivity index (χ0n) is 17.6. The Bertz CT molecular complexity index is 1070. The van der Waals surface area contributed by atoms with Gasteiger partial charge >= 0.3 is 6.03 Å². The zero-order chi connectivity index (χ0) is 21.8. The summed E-state index contributed by atoms with van der Waals surface area (Å²) in [6.07, 6.45) is 1.74. The van der Waals surface area contributed by atoms with Crippen LogP contribution < -0.4 is 14.4 Å². The Balaban J connectivity index is 1.74. The summed E-state index contributed by atoms with van der Waals surface area (Å²) in [5.74, 6) is 1.26. The number of hydrogen-bond acceptors (Lipinski definition) is 4. The molecule has 1 heterocycles. The number of rotatable bonds is 6. The first kappa shape index (κ1) is 20.9. The van der Waals surface area contributed by atoms with Crippen LogP contribution in [0.1, 0.15) is 5.56 Å². The fraction of sp³-hybridized carbons (Fsp3) is 0.160. The molecule has 0 unspecified atom stereocenters. The van der Waals surface area contributed by atoms with Crippen LogP contribution in [0.15, 0.2) is 89.2 Å². The van der Waals surface area contributed by atoms with Crippen LogP contribution in [0.25, 0.3) is 0 Å². The Labute approximate surface area is 186 Å². The summed E-state index contributed by atoms with van der Waals surface area (Å²) >= 11 is 1.67. The van der Waals surface area contributed by atoms with E-state index in [0.29, 0.717) is 24.6 Å². The number of anilines is 2. The highest BCUT2D eigenvalue weighted by Crippen LogP contribution is 2.48. The first-order valence-corrected chi connectivity index (χ1v) is 10.7. The second-order valence-electron chi connectivity index (χ2n) is 6.98. The maximum atomic E-state index is 13.9. The molecule has 2 amide bonds. The molecule has 0 aliphatic carbocycles. The van der Waals surface area contributed by atoms with Crippen LogP contribution >= 0.6 is 11.8 Å². The summed E-state index contributed by atoms with van der Waals surface area (Å²) in [5.41, 5.74) is 2.62. The predicted octanol–water partition coefficient (Wildman–Crippen LogP) is 6.11. The fourth-order valence-corrected chi connectivity index (χ4v) is 4.76. The number of nitrogens with zero attached hydrogens (tertiary/aromatic N) is 2. The Morgan fingerprint density at radius 2 is 1.61 bits per heavy atom. The third kappa shape index (κ3) is 3.99. The summed E-state index contributed by atoms with van der Waals surface area (Å²) in [4.78, 5) is 19.5. The minimum absolute atomic E-state index is 0.120. The molecule has 0 aromatic heterocycles. The number of benzene rings is 3. The lowest BCUT2D eigenvalue weighted by atomic mass is 10.1. The molecule has 0 saturated heterocycles. The Morgan fingerprint density at radius 1 is 0.968 bits per heavy atom. The van der Waals surface area contributed by atoms with E-state index >= 15 is 0 Å².